The smallest absolute Gasteiger partial charge is 0.309 e. The number of nitrogens with zero attached hydrogens (tertiary/aromatic N) is 2. The maximum Gasteiger partial charge on any atom is 0.309 e. The Bertz CT molecular complexity index is 599. The van der Waals surface area contributed by atoms with Crippen molar-refractivity contribution in [1.82, 2.24) is 10.2 Å². The molecule has 1 N–H and O–H groups in total. The molecule has 7 heteroatoms. The van der Waals surface area contributed by atoms with E-state index in [1.54, 1.807) is 7.05 Å². The summed E-state index contributed by atoms with van der Waals surface area (Å²) in [6.45, 7) is 7.62. The van der Waals surface area contributed by atoms with Crippen molar-refractivity contribution in [2.45, 2.75) is 39.5 Å². The van der Waals surface area contributed by atoms with Crippen LogP contribution in [0.2, 0.25) is 0 Å². The summed E-state index contributed by atoms with van der Waals surface area (Å²) < 4.78 is 10.9. The number of likely N-dealkylation sites (tertiary alicyclic amines) is 1. The minimum atomic E-state index is -0.0614. The maximum absolute atomic E-state index is 11.8. The molecule has 158 valence electrons. The second-order valence-electron chi connectivity index (χ2n) is 6.86. The number of hydrogen-bond donors (Lipinski definition) is 1. The van der Waals surface area contributed by atoms with Crippen molar-refractivity contribution in [3.8, 4) is 5.75 Å². The van der Waals surface area contributed by atoms with Crippen LogP contribution in [0.4, 0.5) is 0 Å². The van der Waals surface area contributed by atoms with Crippen molar-refractivity contribution in [3.63, 3.8) is 0 Å². The van der Waals surface area contributed by atoms with Crippen LogP contribution in [0, 0.1) is 12.8 Å². The second-order valence-corrected chi connectivity index (χ2v) is 6.86. The third-order valence-electron chi connectivity index (χ3n) is 4.77. The molecule has 0 unspecified atom stereocenters. The Morgan fingerprint density at radius 3 is 2.50 bits per heavy atom. The summed E-state index contributed by atoms with van der Waals surface area (Å²) >= 11 is 0. The molecule has 1 saturated heterocycles. The van der Waals surface area contributed by atoms with E-state index in [0.717, 1.165) is 57.0 Å². The number of ether oxygens (including phenoxy) is 2. The fraction of sp³-hybridized carbons (Fsp3) is 0.619. The van der Waals surface area contributed by atoms with Gasteiger partial charge in [-0.3, -0.25) is 9.79 Å². The van der Waals surface area contributed by atoms with Gasteiger partial charge in [-0.1, -0.05) is 17.7 Å². The summed E-state index contributed by atoms with van der Waals surface area (Å²) in [5.74, 6) is 1.80. The van der Waals surface area contributed by atoms with E-state index in [1.807, 2.05) is 19.1 Å². The number of piperidine rings is 1. The topological polar surface area (TPSA) is 63.2 Å². The van der Waals surface area contributed by atoms with Crippen LogP contribution in [0.15, 0.2) is 29.3 Å². The molecule has 0 aliphatic carbocycles. The van der Waals surface area contributed by atoms with Crippen molar-refractivity contribution in [2.75, 3.05) is 39.9 Å². The predicted molar refractivity (Wildman–Crippen MR) is 124 cm³/mol. The Balaban J connectivity index is 0.00000392. The Morgan fingerprint density at radius 1 is 1.21 bits per heavy atom. The SMILES string of the molecule is CCOC(=O)C1CCN(C(=NC)NCCCCOc2ccc(C)cc2)CC1.I. The number of hydrogen-bond acceptors (Lipinski definition) is 4. The van der Waals surface area contributed by atoms with Crippen LogP contribution in [-0.2, 0) is 9.53 Å². The third-order valence-corrected chi connectivity index (χ3v) is 4.77. The van der Waals surface area contributed by atoms with Crippen LogP contribution in [0.1, 0.15) is 38.2 Å². The molecular formula is C21H34IN3O3. The second kappa shape index (κ2) is 13.6. The highest BCUT2D eigenvalue weighted by atomic mass is 127. The largest absolute Gasteiger partial charge is 0.494 e. The molecule has 1 fully saturated rings. The molecule has 0 saturated carbocycles. The molecule has 0 amide bonds. The lowest BCUT2D eigenvalue weighted by molar-refractivity contribution is -0.149. The molecule has 0 spiro atoms. The minimum absolute atomic E-state index is 0. The number of halogens is 1. The molecule has 2 rings (SSSR count). The molecule has 1 heterocycles. The van der Waals surface area contributed by atoms with Crippen LogP contribution in [0.3, 0.4) is 0 Å². The molecule has 0 atom stereocenters. The van der Waals surface area contributed by atoms with E-state index >= 15 is 0 Å². The summed E-state index contributed by atoms with van der Waals surface area (Å²) in [4.78, 5) is 18.4. The number of guanidine groups is 1. The molecule has 0 aromatic heterocycles. The number of rotatable bonds is 8. The van der Waals surface area contributed by atoms with Gasteiger partial charge in [0.15, 0.2) is 5.96 Å². The van der Waals surface area contributed by atoms with E-state index in [1.165, 1.54) is 5.56 Å². The number of benzene rings is 1. The van der Waals surface area contributed by atoms with Crippen LogP contribution in [0.25, 0.3) is 0 Å². The molecule has 1 aliphatic rings. The molecule has 0 radical (unpaired) electrons. The van der Waals surface area contributed by atoms with Gasteiger partial charge in [0, 0.05) is 26.7 Å². The van der Waals surface area contributed by atoms with Crippen molar-refractivity contribution in [1.29, 1.82) is 0 Å². The van der Waals surface area contributed by atoms with Gasteiger partial charge in [0.05, 0.1) is 19.1 Å². The average Bonchev–Trinajstić information content (AvgIpc) is 2.69. The molecule has 6 nitrogen and oxygen atoms in total. The lowest BCUT2D eigenvalue weighted by Gasteiger charge is -2.33. The van der Waals surface area contributed by atoms with E-state index in [-0.39, 0.29) is 35.9 Å². The molecule has 1 aromatic rings. The summed E-state index contributed by atoms with van der Waals surface area (Å²) in [7, 11) is 1.81. The molecule has 28 heavy (non-hydrogen) atoms. The first kappa shape index (κ1) is 24.5. The van der Waals surface area contributed by atoms with Gasteiger partial charge in [-0.05, 0) is 51.7 Å². The first-order valence-electron chi connectivity index (χ1n) is 9.95. The van der Waals surface area contributed by atoms with E-state index in [9.17, 15) is 4.79 Å². The monoisotopic (exact) mass is 503 g/mol. The number of carbonyl (C=O) groups excluding carboxylic acids is 1. The van der Waals surface area contributed by atoms with Crippen LogP contribution in [0.5, 0.6) is 5.75 Å². The summed E-state index contributed by atoms with van der Waals surface area (Å²) in [6, 6.07) is 8.14. The highest BCUT2D eigenvalue weighted by Gasteiger charge is 2.27. The molecular weight excluding hydrogens is 469 g/mol. The van der Waals surface area contributed by atoms with E-state index < -0.39 is 0 Å². The minimum Gasteiger partial charge on any atom is -0.494 e. The summed E-state index contributed by atoms with van der Waals surface area (Å²) in [5, 5.41) is 3.42. The zero-order valence-electron chi connectivity index (χ0n) is 17.3. The molecule has 1 aromatic carbocycles. The van der Waals surface area contributed by atoms with Crippen molar-refractivity contribution in [3.05, 3.63) is 29.8 Å². The zero-order valence-corrected chi connectivity index (χ0v) is 19.6. The normalized spacial score (nSPS) is 15.0. The fourth-order valence-electron chi connectivity index (χ4n) is 3.17. The van der Waals surface area contributed by atoms with Crippen LogP contribution < -0.4 is 10.1 Å². The molecule has 1 aliphatic heterocycles. The lowest BCUT2D eigenvalue weighted by atomic mass is 9.97. The highest BCUT2D eigenvalue weighted by molar-refractivity contribution is 14.0. The zero-order chi connectivity index (χ0) is 19.5. The van der Waals surface area contributed by atoms with Crippen LogP contribution in [-0.4, -0.2) is 56.7 Å². The Morgan fingerprint density at radius 2 is 1.89 bits per heavy atom. The summed E-state index contributed by atoms with van der Waals surface area (Å²) in [5.41, 5.74) is 1.24. The van der Waals surface area contributed by atoms with Gasteiger partial charge in [0.1, 0.15) is 5.75 Å². The quantitative estimate of drug-likeness (QED) is 0.193. The Hall–Kier alpha value is -1.51. The van der Waals surface area contributed by atoms with E-state index in [0.29, 0.717) is 13.2 Å². The highest BCUT2D eigenvalue weighted by Crippen LogP contribution is 2.18. The number of unbranched alkanes of at least 4 members (excludes halogenated alkanes) is 1. The van der Waals surface area contributed by atoms with Gasteiger partial charge in [0.25, 0.3) is 0 Å². The van der Waals surface area contributed by atoms with E-state index in [2.05, 4.69) is 34.3 Å². The van der Waals surface area contributed by atoms with Gasteiger partial charge in [-0.2, -0.15) is 0 Å². The van der Waals surface area contributed by atoms with Gasteiger partial charge >= 0.3 is 5.97 Å². The lowest BCUT2D eigenvalue weighted by Crippen LogP contribution is -2.47. The van der Waals surface area contributed by atoms with Gasteiger partial charge in [-0.25, -0.2) is 0 Å². The number of esters is 1. The Kier molecular flexibility index (Phi) is 11.9. The van der Waals surface area contributed by atoms with Gasteiger partial charge in [-0.15, -0.1) is 24.0 Å². The third kappa shape index (κ3) is 8.24. The Labute approximate surface area is 186 Å². The fourth-order valence-corrected chi connectivity index (χ4v) is 3.17. The number of nitrogens with one attached hydrogen (secondary N) is 1. The van der Waals surface area contributed by atoms with Gasteiger partial charge in [0.2, 0.25) is 0 Å². The number of carbonyl (C=O) groups is 1. The number of aliphatic imine (C=N–C) groups is 1. The molecule has 0 bridgehead atoms. The van der Waals surface area contributed by atoms with Gasteiger partial charge < -0.3 is 19.7 Å². The van der Waals surface area contributed by atoms with Crippen LogP contribution >= 0.6 is 24.0 Å². The van der Waals surface area contributed by atoms with Crippen molar-refractivity contribution in [2.24, 2.45) is 10.9 Å². The van der Waals surface area contributed by atoms with Crippen molar-refractivity contribution < 1.29 is 14.3 Å². The first-order valence-corrected chi connectivity index (χ1v) is 9.95. The average molecular weight is 503 g/mol. The number of aryl methyl sites for hydroxylation is 1. The van der Waals surface area contributed by atoms with Crippen molar-refractivity contribution >= 4 is 35.9 Å². The summed E-state index contributed by atoms with van der Waals surface area (Å²) in [6.07, 6.45) is 3.65. The standard InChI is InChI=1S/C21H33N3O3.HI/c1-4-26-20(25)18-11-14-24(15-12-18)21(22-3)23-13-5-6-16-27-19-9-7-17(2)8-10-19;/h7-10,18H,4-6,11-16H2,1-3H3,(H,22,23);1H. The maximum atomic E-state index is 11.8. The first-order chi connectivity index (χ1) is 13.1. The predicted octanol–water partition coefficient (Wildman–Crippen LogP) is 3.62. The van der Waals surface area contributed by atoms with E-state index in [4.69, 9.17) is 9.47 Å².